The summed E-state index contributed by atoms with van der Waals surface area (Å²) in [5.74, 6) is 0.868. The van der Waals surface area contributed by atoms with Gasteiger partial charge in [0, 0.05) is 18.8 Å². The molecule has 2 aromatic rings. The molecular weight excluding hydrogens is 266 g/mol. The van der Waals surface area contributed by atoms with Crippen molar-refractivity contribution in [2.75, 3.05) is 11.9 Å². The van der Waals surface area contributed by atoms with Gasteiger partial charge in [-0.2, -0.15) is 0 Å². The Balaban J connectivity index is 2.35. The first-order chi connectivity index (χ1) is 7.66. The molecule has 4 heteroatoms. The molecule has 0 amide bonds. The van der Waals surface area contributed by atoms with Gasteiger partial charge in [0.25, 0.3) is 0 Å². The molecule has 0 saturated heterocycles. The summed E-state index contributed by atoms with van der Waals surface area (Å²) < 4.78 is 0.789. The van der Waals surface area contributed by atoms with Crippen LogP contribution in [0.5, 0.6) is 0 Å². The molecule has 1 aromatic heterocycles. The van der Waals surface area contributed by atoms with Crippen molar-refractivity contribution in [3.05, 3.63) is 46.8 Å². The molecule has 0 radical (unpaired) electrons. The van der Waals surface area contributed by atoms with Crippen LogP contribution in [0.25, 0.3) is 0 Å². The lowest BCUT2D eigenvalue weighted by Crippen LogP contribution is -2.11. The van der Waals surface area contributed by atoms with Gasteiger partial charge < -0.3 is 4.90 Å². The van der Waals surface area contributed by atoms with E-state index in [-0.39, 0.29) is 0 Å². The summed E-state index contributed by atoms with van der Waals surface area (Å²) in [6.07, 6.45) is 1.55. The van der Waals surface area contributed by atoms with Gasteiger partial charge in [0.15, 0.2) is 0 Å². The van der Waals surface area contributed by atoms with Crippen LogP contribution in [0.3, 0.4) is 0 Å². The Kier molecular flexibility index (Phi) is 3.19. The maximum Gasteiger partial charge on any atom is 0.137 e. The highest BCUT2D eigenvalue weighted by atomic mass is 79.9. The molecule has 0 aliphatic rings. The first-order valence-electron chi connectivity index (χ1n) is 4.95. The molecule has 0 fully saturated rings. The molecular formula is C12H12BrN3. The molecule has 0 unspecified atom stereocenters. The number of anilines is 2. The van der Waals surface area contributed by atoms with Gasteiger partial charge in [0.1, 0.15) is 16.7 Å². The highest BCUT2D eigenvalue weighted by Gasteiger charge is 2.05. The largest absolute Gasteiger partial charge is 0.329 e. The van der Waals surface area contributed by atoms with Crippen molar-refractivity contribution in [3.63, 3.8) is 0 Å². The third kappa shape index (κ3) is 2.39. The molecule has 82 valence electrons. The first kappa shape index (κ1) is 11.1. The predicted molar refractivity (Wildman–Crippen MR) is 69.0 cm³/mol. The van der Waals surface area contributed by atoms with E-state index in [9.17, 15) is 0 Å². The lowest BCUT2D eigenvalue weighted by Gasteiger charge is -2.18. The second-order valence-electron chi connectivity index (χ2n) is 3.60. The Hall–Kier alpha value is -1.42. The molecule has 1 aromatic carbocycles. The maximum absolute atomic E-state index is 4.23. The minimum Gasteiger partial charge on any atom is -0.329 e. The molecule has 3 nitrogen and oxygen atoms in total. The van der Waals surface area contributed by atoms with Crippen LogP contribution in [-0.2, 0) is 0 Å². The van der Waals surface area contributed by atoms with Gasteiger partial charge >= 0.3 is 0 Å². The van der Waals surface area contributed by atoms with Crippen molar-refractivity contribution >= 4 is 27.4 Å². The Morgan fingerprint density at radius 2 is 2.00 bits per heavy atom. The molecule has 0 saturated carbocycles. The zero-order valence-electron chi connectivity index (χ0n) is 9.18. The van der Waals surface area contributed by atoms with Crippen LogP contribution in [0.2, 0.25) is 0 Å². The van der Waals surface area contributed by atoms with Gasteiger partial charge in [-0.3, -0.25) is 0 Å². The second-order valence-corrected chi connectivity index (χ2v) is 4.41. The standard InChI is InChI=1S/C12H12BrN3/c1-9-4-3-5-10(6-9)16(2)12-7-11(13)14-8-15-12/h3-8H,1-2H3. The van der Waals surface area contributed by atoms with Crippen molar-refractivity contribution in [3.8, 4) is 0 Å². The summed E-state index contributed by atoms with van der Waals surface area (Å²) in [5, 5.41) is 0. The normalized spacial score (nSPS) is 10.2. The number of aromatic nitrogens is 2. The Morgan fingerprint density at radius 3 is 2.69 bits per heavy atom. The van der Waals surface area contributed by atoms with Crippen LogP contribution >= 0.6 is 15.9 Å². The lowest BCUT2D eigenvalue weighted by molar-refractivity contribution is 1.06. The maximum atomic E-state index is 4.23. The van der Waals surface area contributed by atoms with E-state index in [1.807, 2.05) is 24.1 Å². The number of rotatable bonds is 2. The number of hydrogen-bond acceptors (Lipinski definition) is 3. The third-order valence-electron chi connectivity index (χ3n) is 2.35. The van der Waals surface area contributed by atoms with Crippen LogP contribution in [0.4, 0.5) is 11.5 Å². The average Bonchev–Trinajstić information content (AvgIpc) is 2.28. The zero-order valence-corrected chi connectivity index (χ0v) is 10.8. The van der Waals surface area contributed by atoms with Gasteiger partial charge in [0.2, 0.25) is 0 Å². The smallest absolute Gasteiger partial charge is 0.137 e. The predicted octanol–water partition coefficient (Wildman–Crippen LogP) is 3.32. The monoisotopic (exact) mass is 277 g/mol. The van der Waals surface area contributed by atoms with E-state index in [1.54, 1.807) is 6.33 Å². The number of aryl methyl sites for hydroxylation is 1. The topological polar surface area (TPSA) is 29.0 Å². The zero-order chi connectivity index (χ0) is 11.5. The summed E-state index contributed by atoms with van der Waals surface area (Å²) in [6, 6.07) is 10.2. The summed E-state index contributed by atoms with van der Waals surface area (Å²) >= 11 is 3.34. The highest BCUT2D eigenvalue weighted by Crippen LogP contribution is 2.23. The van der Waals surface area contributed by atoms with Gasteiger partial charge in [0.05, 0.1) is 0 Å². The number of nitrogens with zero attached hydrogens (tertiary/aromatic N) is 3. The van der Waals surface area contributed by atoms with Crippen molar-refractivity contribution in [2.24, 2.45) is 0 Å². The van der Waals surface area contributed by atoms with E-state index < -0.39 is 0 Å². The fourth-order valence-corrected chi connectivity index (χ4v) is 1.77. The van der Waals surface area contributed by atoms with Crippen molar-refractivity contribution in [1.82, 2.24) is 9.97 Å². The lowest BCUT2D eigenvalue weighted by atomic mass is 10.2. The molecule has 2 rings (SSSR count). The van der Waals surface area contributed by atoms with Crippen molar-refractivity contribution in [2.45, 2.75) is 6.92 Å². The Bertz CT molecular complexity index is 454. The molecule has 16 heavy (non-hydrogen) atoms. The van der Waals surface area contributed by atoms with Crippen LogP contribution in [0.1, 0.15) is 5.56 Å². The summed E-state index contributed by atoms with van der Waals surface area (Å²) in [5.41, 5.74) is 2.35. The Labute approximate surface area is 103 Å². The van der Waals surface area contributed by atoms with Crippen molar-refractivity contribution in [1.29, 1.82) is 0 Å². The molecule has 0 bridgehead atoms. The van der Waals surface area contributed by atoms with E-state index in [1.165, 1.54) is 5.56 Å². The van der Waals surface area contributed by atoms with E-state index >= 15 is 0 Å². The van der Waals surface area contributed by atoms with Gasteiger partial charge in [-0.15, -0.1) is 0 Å². The minimum atomic E-state index is 0.789. The number of benzene rings is 1. The van der Waals surface area contributed by atoms with Gasteiger partial charge in [-0.1, -0.05) is 12.1 Å². The first-order valence-corrected chi connectivity index (χ1v) is 5.74. The van der Waals surface area contributed by atoms with Gasteiger partial charge in [-0.25, -0.2) is 9.97 Å². The molecule has 1 heterocycles. The Morgan fingerprint density at radius 1 is 1.19 bits per heavy atom. The average molecular weight is 278 g/mol. The van der Waals surface area contributed by atoms with E-state index in [0.717, 1.165) is 16.1 Å². The number of halogens is 1. The third-order valence-corrected chi connectivity index (χ3v) is 2.79. The molecule has 0 N–H and O–H groups in total. The summed E-state index contributed by atoms with van der Waals surface area (Å²) in [4.78, 5) is 10.3. The van der Waals surface area contributed by atoms with Crippen LogP contribution < -0.4 is 4.90 Å². The quantitative estimate of drug-likeness (QED) is 0.789. The fraction of sp³-hybridized carbons (Fsp3) is 0.167. The molecule has 0 aliphatic carbocycles. The van der Waals surface area contributed by atoms with Gasteiger partial charge in [-0.05, 0) is 40.5 Å². The van der Waals surface area contributed by atoms with E-state index in [4.69, 9.17) is 0 Å². The van der Waals surface area contributed by atoms with Crippen LogP contribution in [-0.4, -0.2) is 17.0 Å². The number of hydrogen-bond donors (Lipinski definition) is 0. The van der Waals surface area contributed by atoms with Crippen molar-refractivity contribution < 1.29 is 0 Å². The van der Waals surface area contributed by atoms with Crippen LogP contribution in [0.15, 0.2) is 41.3 Å². The summed E-state index contributed by atoms with van der Waals surface area (Å²) in [7, 11) is 1.99. The fourth-order valence-electron chi connectivity index (χ4n) is 1.48. The molecule has 0 atom stereocenters. The summed E-state index contributed by atoms with van der Waals surface area (Å²) in [6.45, 7) is 2.08. The molecule has 0 spiro atoms. The molecule has 0 aliphatic heterocycles. The SMILES string of the molecule is Cc1cccc(N(C)c2cc(Br)ncn2)c1. The van der Waals surface area contributed by atoms with E-state index in [0.29, 0.717) is 0 Å². The minimum absolute atomic E-state index is 0.789. The van der Waals surface area contributed by atoms with E-state index in [2.05, 4.69) is 51.0 Å². The highest BCUT2D eigenvalue weighted by molar-refractivity contribution is 9.10. The van der Waals surface area contributed by atoms with Crippen LogP contribution in [0, 0.1) is 6.92 Å². The second kappa shape index (κ2) is 4.61.